The SMILES string of the molecule is Cc1cc(Br)ccc1C(C)(C)CCN. The van der Waals surface area contributed by atoms with E-state index in [0.717, 1.165) is 17.4 Å². The minimum atomic E-state index is 0.180. The van der Waals surface area contributed by atoms with E-state index in [1.165, 1.54) is 11.1 Å². The fourth-order valence-corrected chi connectivity index (χ4v) is 2.36. The molecule has 0 atom stereocenters. The highest BCUT2D eigenvalue weighted by Crippen LogP contribution is 2.30. The van der Waals surface area contributed by atoms with Gasteiger partial charge >= 0.3 is 0 Å². The molecule has 0 unspecified atom stereocenters. The average molecular weight is 256 g/mol. The summed E-state index contributed by atoms with van der Waals surface area (Å²) in [5.74, 6) is 0. The van der Waals surface area contributed by atoms with Crippen molar-refractivity contribution in [1.29, 1.82) is 0 Å². The van der Waals surface area contributed by atoms with Gasteiger partial charge in [-0.2, -0.15) is 0 Å². The molecule has 0 bridgehead atoms. The zero-order valence-electron chi connectivity index (χ0n) is 9.10. The standard InChI is InChI=1S/C12H18BrN/c1-9-8-10(13)4-5-11(9)12(2,3)6-7-14/h4-5,8H,6-7,14H2,1-3H3. The molecule has 2 heteroatoms. The maximum absolute atomic E-state index is 5.62. The molecule has 1 nitrogen and oxygen atoms in total. The van der Waals surface area contributed by atoms with Crippen LogP contribution in [0.25, 0.3) is 0 Å². The molecule has 0 spiro atoms. The third-order valence-electron chi connectivity index (χ3n) is 2.69. The Balaban J connectivity index is 3.06. The molecule has 0 radical (unpaired) electrons. The Morgan fingerprint density at radius 2 is 2.00 bits per heavy atom. The van der Waals surface area contributed by atoms with Crippen LogP contribution in [0.4, 0.5) is 0 Å². The van der Waals surface area contributed by atoms with Crippen molar-refractivity contribution in [2.75, 3.05) is 6.54 Å². The van der Waals surface area contributed by atoms with Crippen molar-refractivity contribution < 1.29 is 0 Å². The first-order valence-corrected chi connectivity index (χ1v) is 5.73. The largest absolute Gasteiger partial charge is 0.330 e. The van der Waals surface area contributed by atoms with Gasteiger partial charge in [0.1, 0.15) is 0 Å². The number of nitrogens with two attached hydrogens (primary N) is 1. The number of benzene rings is 1. The minimum Gasteiger partial charge on any atom is -0.330 e. The maximum Gasteiger partial charge on any atom is 0.0178 e. The monoisotopic (exact) mass is 255 g/mol. The fraction of sp³-hybridized carbons (Fsp3) is 0.500. The van der Waals surface area contributed by atoms with Crippen LogP contribution in [0.15, 0.2) is 22.7 Å². The van der Waals surface area contributed by atoms with Gasteiger partial charge in [0.25, 0.3) is 0 Å². The van der Waals surface area contributed by atoms with Gasteiger partial charge in [-0.25, -0.2) is 0 Å². The summed E-state index contributed by atoms with van der Waals surface area (Å²) in [5, 5.41) is 0. The minimum absolute atomic E-state index is 0.180. The third kappa shape index (κ3) is 2.58. The van der Waals surface area contributed by atoms with Gasteiger partial charge in [-0.05, 0) is 48.6 Å². The summed E-state index contributed by atoms with van der Waals surface area (Å²) < 4.78 is 1.14. The van der Waals surface area contributed by atoms with E-state index < -0.39 is 0 Å². The van der Waals surface area contributed by atoms with Gasteiger partial charge < -0.3 is 5.73 Å². The molecule has 0 aliphatic heterocycles. The first-order chi connectivity index (χ1) is 6.47. The molecule has 0 aliphatic carbocycles. The van der Waals surface area contributed by atoms with Crippen molar-refractivity contribution in [1.82, 2.24) is 0 Å². The van der Waals surface area contributed by atoms with Crippen LogP contribution in [0.1, 0.15) is 31.4 Å². The first kappa shape index (κ1) is 11.7. The number of rotatable bonds is 3. The van der Waals surface area contributed by atoms with E-state index >= 15 is 0 Å². The summed E-state index contributed by atoms with van der Waals surface area (Å²) in [4.78, 5) is 0. The van der Waals surface area contributed by atoms with Crippen LogP contribution >= 0.6 is 15.9 Å². The topological polar surface area (TPSA) is 26.0 Å². The molecule has 0 saturated carbocycles. The maximum atomic E-state index is 5.62. The Morgan fingerprint density at radius 1 is 1.36 bits per heavy atom. The lowest BCUT2D eigenvalue weighted by Gasteiger charge is -2.26. The van der Waals surface area contributed by atoms with Gasteiger partial charge in [0.15, 0.2) is 0 Å². The number of halogens is 1. The molecular formula is C12H18BrN. The number of hydrogen-bond acceptors (Lipinski definition) is 1. The predicted molar refractivity (Wildman–Crippen MR) is 65.6 cm³/mol. The van der Waals surface area contributed by atoms with Gasteiger partial charge in [-0.15, -0.1) is 0 Å². The average Bonchev–Trinajstić information content (AvgIpc) is 2.02. The van der Waals surface area contributed by atoms with Crippen LogP contribution in [-0.4, -0.2) is 6.54 Å². The van der Waals surface area contributed by atoms with E-state index in [2.05, 4.69) is 54.9 Å². The highest BCUT2D eigenvalue weighted by atomic mass is 79.9. The van der Waals surface area contributed by atoms with Gasteiger partial charge in [0.2, 0.25) is 0 Å². The Hall–Kier alpha value is -0.340. The van der Waals surface area contributed by atoms with Crippen LogP contribution in [0, 0.1) is 6.92 Å². The smallest absolute Gasteiger partial charge is 0.0178 e. The quantitative estimate of drug-likeness (QED) is 0.881. The molecule has 78 valence electrons. The molecule has 0 amide bonds. The molecule has 0 heterocycles. The summed E-state index contributed by atoms with van der Waals surface area (Å²) in [6.45, 7) is 7.38. The van der Waals surface area contributed by atoms with Crippen molar-refractivity contribution in [3.8, 4) is 0 Å². The number of hydrogen-bond donors (Lipinski definition) is 1. The second-order valence-corrected chi connectivity index (χ2v) is 5.30. The third-order valence-corrected chi connectivity index (χ3v) is 3.18. The van der Waals surface area contributed by atoms with Crippen molar-refractivity contribution >= 4 is 15.9 Å². The van der Waals surface area contributed by atoms with E-state index in [9.17, 15) is 0 Å². The summed E-state index contributed by atoms with van der Waals surface area (Å²) in [6, 6.07) is 6.45. The van der Waals surface area contributed by atoms with E-state index in [1.807, 2.05) is 0 Å². The van der Waals surface area contributed by atoms with Crippen LogP contribution in [0.5, 0.6) is 0 Å². The molecule has 0 fully saturated rings. The molecule has 1 aromatic rings. The van der Waals surface area contributed by atoms with E-state index in [0.29, 0.717) is 0 Å². The van der Waals surface area contributed by atoms with Crippen molar-refractivity contribution in [2.24, 2.45) is 5.73 Å². The summed E-state index contributed by atoms with van der Waals surface area (Å²) in [5.41, 5.74) is 8.53. The zero-order chi connectivity index (χ0) is 10.8. The van der Waals surface area contributed by atoms with Gasteiger partial charge in [-0.3, -0.25) is 0 Å². The van der Waals surface area contributed by atoms with Crippen LogP contribution in [0.2, 0.25) is 0 Å². The van der Waals surface area contributed by atoms with Crippen LogP contribution in [-0.2, 0) is 5.41 Å². The summed E-state index contributed by atoms with van der Waals surface area (Å²) in [6.07, 6.45) is 1.02. The van der Waals surface area contributed by atoms with E-state index in [1.54, 1.807) is 0 Å². The molecule has 0 saturated heterocycles. The van der Waals surface area contributed by atoms with E-state index in [-0.39, 0.29) is 5.41 Å². The fourth-order valence-electron chi connectivity index (χ4n) is 1.88. The van der Waals surface area contributed by atoms with Gasteiger partial charge in [0.05, 0.1) is 0 Å². The number of aryl methyl sites for hydroxylation is 1. The zero-order valence-corrected chi connectivity index (χ0v) is 10.7. The van der Waals surface area contributed by atoms with Crippen LogP contribution in [0.3, 0.4) is 0 Å². The molecule has 1 aromatic carbocycles. The normalized spacial score (nSPS) is 11.8. The second-order valence-electron chi connectivity index (χ2n) is 4.38. The van der Waals surface area contributed by atoms with Gasteiger partial charge in [0, 0.05) is 4.47 Å². The van der Waals surface area contributed by atoms with Gasteiger partial charge in [-0.1, -0.05) is 35.8 Å². The Kier molecular flexibility index (Phi) is 3.73. The molecular weight excluding hydrogens is 238 g/mol. The lowest BCUT2D eigenvalue weighted by Crippen LogP contribution is -2.22. The molecule has 2 N–H and O–H groups in total. The highest BCUT2D eigenvalue weighted by Gasteiger charge is 2.21. The molecule has 1 rings (SSSR count). The Labute approximate surface area is 94.8 Å². The van der Waals surface area contributed by atoms with Crippen molar-refractivity contribution in [3.63, 3.8) is 0 Å². The Morgan fingerprint density at radius 3 is 2.50 bits per heavy atom. The van der Waals surface area contributed by atoms with E-state index in [4.69, 9.17) is 5.73 Å². The summed E-state index contributed by atoms with van der Waals surface area (Å²) >= 11 is 3.48. The van der Waals surface area contributed by atoms with Crippen LogP contribution < -0.4 is 5.73 Å². The second kappa shape index (κ2) is 4.45. The molecule has 14 heavy (non-hydrogen) atoms. The van der Waals surface area contributed by atoms with Crippen molar-refractivity contribution in [2.45, 2.75) is 32.6 Å². The predicted octanol–water partition coefficient (Wildman–Crippen LogP) is 3.38. The summed E-state index contributed by atoms with van der Waals surface area (Å²) in [7, 11) is 0. The van der Waals surface area contributed by atoms with Crippen molar-refractivity contribution in [3.05, 3.63) is 33.8 Å². The molecule has 0 aromatic heterocycles. The molecule has 0 aliphatic rings. The lowest BCUT2D eigenvalue weighted by atomic mass is 9.79. The Bertz CT molecular complexity index is 318. The lowest BCUT2D eigenvalue weighted by molar-refractivity contribution is 0.485. The highest BCUT2D eigenvalue weighted by molar-refractivity contribution is 9.10. The first-order valence-electron chi connectivity index (χ1n) is 4.94.